The third-order valence-corrected chi connectivity index (χ3v) is 4.55. The van der Waals surface area contributed by atoms with Gasteiger partial charge in [0.2, 0.25) is 11.1 Å². The van der Waals surface area contributed by atoms with Crippen molar-refractivity contribution in [2.45, 2.75) is 19.0 Å². The average molecular weight is 421 g/mol. The Morgan fingerprint density at radius 2 is 1.86 bits per heavy atom. The maximum atomic E-state index is 11.9. The van der Waals surface area contributed by atoms with E-state index < -0.39 is 11.8 Å². The van der Waals surface area contributed by atoms with E-state index in [-0.39, 0.29) is 12.4 Å². The van der Waals surface area contributed by atoms with Crippen molar-refractivity contribution >= 4 is 41.0 Å². The van der Waals surface area contributed by atoms with Crippen molar-refractivity contribution in [1.29, 1.82) is 0 Å². The summed E-state index contributed by atoms with van der Waals surface area (Å²) in [6, 6.07) is 8.49. The molecule has 0 saturated carbocycles. The summed E-state index contributed by atoms with van der Waals surface area (Å²) in [5.41, 5.74) is 6.34. The molecule has 0 saturated heterocycles. The zero-order valence-corrected chi connectivity index (χ0v) is 16.7. The number of carbonyl (C=O) groups is 2. The van der Waals surface area contributed by atoms with E-state index in [0.29, 0.717) is 21.7 Å². The lowest BCUT2D eigenvalue weighted by molar-refractivity contribution is -0.128. The molecule has 11 heteroatoms. The third-order valence-electron chi connectivity index (χ3n) is 3.46. The molecule has 2 N–H and O–H groups in total. The Labute approximate surface area is 169 Å². The molecule has 0 radical (unpaired) electrons. The van der Waals surface area contributed by atoms with Crippen molar-refractivity contribution in [1.82, 2.24) is 30.4 Å². The predicted molar refractivity (Wildman–Crippen MR) is 104 cm³/mol. The van der Waals surface area contributed by atoms with Crippen LogP contribution in [0, 0.1) is 13.8 Å². The molecule has 0 aliphatic carbocycles. The van der Waals surface area contributed by atoms with Gasteiger partial charge in [-0.25, -0.2) is 9.50 Å². The predicted octanol–water partition coefficient (Wildman–Crippen LogP) is 1.71. The number of thioether (sulfide) groups is 1. The van der Waals surface area contributed by atoms with Gasteiger partial charge in [0.05, 0.1) is 5.75 Å². The fourth-order valence-electron chi connectivity index (χ4n) is 2.23. The summed E-state index contributed by atoms with van der Waals surface area (Å²) in [4.78, 5) is 32.2. The minimum absolute atomic E-state index is 0.0350. The third kappa shape index (κ3) is 5.33. The molecule has 0 spiro atoms. The minimum Gasteiger partial charge on any atom is -0.484 e. The van der Waals surface area contributed by atoms with Gasteiger partial charge in [0.15, 0.2) is 6.61 Å². The van der Waals surface area contributed by atoms with E-state index in [4.69, 9.17) is 16.3 Å². The summed E-state index contributed by atoms with van der Waals surface area (Å²) < 4.78 is 6.90. The van der Waals surface area contributed by atoms with Gasteiger partial charge in [-0.15, -0.1) is 5.10 Å². The smallest absolute Gasteiger partial charge is 0.276 e. The number of ether oxygens (including phenoxy) is 1. The normalized spacial score (nSPS) is 10.7. The molecule has 28 heavy (non-hydrogen) atoms. The van der Waals surface area contributed by atoms with Crippen LogP contribution in [0.2, 0.25) is 5.02 Å². The van der Waals surface area contributed by atoms with Crippen molar-refractivity contribution in [2.24, 2.45) is 0 Å². The highest BCUT2D eigenvalue weighted by atomic mass is 35.5. The summed E-state index contributed by atoms with van der Waals surface area (Å²) in [5.74, 6) is 0.123. The van der Waals surface area contributed by atoms with E-state index >= 15 is 0 Å². The molecule has 1 aromatic carbocycles. The van der Waals surface area contributed by atoms with Gasteiger partial charge in [0.25, 0.3) is 11.7 Å². The average Bonchev–Trinajstić information content (AvgIpc) is 3.07. The van der Waals surface area contributed by atoms with Gasteiger partial charge in [-0.2, -0.15) is 4.98 Å². The van der Waals surface area contributed by atoms with Gasteiger partial charge in [-0.3, -0.25) is 20.4 Å². The van der Waals surface area contributed by atoms with Crippen LogP contribution in [-0.4, -0.2) is 43.8 Å². The number of nitrogens with zero attached hydrogens (tertiary/aromatic N) is 4. The van der Waals surface area contributed by atoms with Crippen LogP contribution in [0.1, 0.15) is 11.4 Å². The highest BCUT2D eigenvalue weighted by Crippen LogP contribution is 2.16. The van der Waals surface area contributed by atoms with Crippen LogP contribution in [0.5, 0.6) is 5.75 Å². The minimum atomic E-state index is -0.491. The molecule has 0 aliphatic heterocycles. The van der Waals surface area contributed by atoms with Gasteiger partial charge >= 0.3 is 0 Å². The van der Waals surface area contributed by atoms with Crippen molar-refractivity contribution in [3.05, 3.63) is 46.7 Å². The molecule has 0 bridgehead atoms. The fourth-order valence-corrected chi connectivity index (χ4v) is 2.97. The first kappa shape index (κ1) is 19.9. The molecular weight excluding hydrogens is 404 g/mol. The number of fused-ring (bicyclic) bond motifs is 1. The van der Waals surface area contributed by atoms with Crippen LogP contribution in [0.15, 0.2) is 35.5 Å². The standard InChI is InChI=1S/C17H17ClN6O3S/c1-10-7-11(2)24-16(19-10)20-17(23-24)28-9-15(26)22-21-14(25)8-27-13-5-3-12(18)4-6-13/h3-7H,8-9H2,1-2H3,(H,21,25)(H,22,26). The number of hydrogen-bond acceptors (Lipinski definition) is 7. The molecule has 0 aliphatic rings. The van der Waals surface area contributed by atoms with E-state index in [1.165, 1.54) is 0 Å². The number of aromatic nitrogens is 4. The lowest BCUT2D eigenvalue weighted by Crippen LogP contribution is -2.44. The van der Waals surface area contributed by atoms with Gasteiger partial charge < -0.3 is 4.74 Å². The highest BCUT2D eigenvalue weighted by molar-refractivity contribution is 7.99. The molecular formula is C17H17ClN6O3S. The maximum Gasteiger partial charge on any atom is 0.276 e. The van der Waals surface area contributed by atoms with Crippen LogP contribution < -0.4 is 15.6 Å². The molecule has 3 aromatic rings. The SMILES string of the molecule is Cc1cc(C)n2nc(SCC(=O)NNC(=O)COc3ccc(Cl)cc3)nc2n1. The Balaban J connectivity index is 1.42. The molecule has 146 valence electrons. The van der Waals surface area contributed by atoms with Crippen LogP contribution in [0.3, 0.4) is 0 Å². The summed E-state index contributed by atoms with van der Waals surface area (Å²) >= 11 is 6.91. The summed E-state index contributed by atoms with van der Waals surface area (Å²) in [6.07, 6.45) is 0. The van der Waals surface area contributed by atoms with Crippen molar-refractivity contribution in [3.8, 4) is 5.75 Å². The second-order valence-electron chi connectivity index (χ2n) is 5.77. The molecule has 2 amide bonds. The Bertz CT molecular complexity index is 1010. The molecule has 0 fully saturated rings. The van der Waals surface area contributed by atoms with E-state index in [9.17, 15) is 9.59 Å². The second kappa shape index (κ2) is 8.89. The number of benzene rings is 1. The monoisotopic (exact) mass is 420 g/mol. The Morgan fingerprint density at radius 3 is 2.61 bits per heavy atom. The van der Waals surface area contributed by atoms with E-state index in [1.54, 1.807) is 28.8 Å². The number of hydrazine groups is 1. The summed E-state index contributed by atoms with van der Waals surface area (Å²) in [6.45, 7) is 3.54. The number of hydrogen-bond donors (Lipinski definition) is 2. The molecule has 0 atom stereocenters. The first-order valence-corrected chi connectivity index (χ1v) is 9.57. The lowest BCUT2D eigenvalue weighted by atomic mass is 10.3. The first-order valence-electron chi connectivity index (χ1n) is 8.20. The second-order valence-corrected chi connectivity index (χ2v) is 7.15. The molecule has 0 unspecified atom stereocenters. The van der Waals surface area contributed by atoms with Crippen molar-refractivity contribution < 1.29 is 14.3 Å². The zero-order valence-electron chi connectivity index (χ0n) is 15.1. The quantitative estimate of drug-likeness (QED) is 0.461. The number of amides is 2. The molecule has 9 nitrogen and oxygen atoms in total. The fraction of sp³-hybridized carbons (Fsp3) is 0.235. The van der Waals surface area contributed by atoms with Crippen LogP contribution in [0.4, 0.5) is 0 Å². The number of rotatable bonds is 6. The molecule has 2 heterocycles. The van der Waals surface area contributed by atoms with Crippen molar-refractivity contribution in [2.75, 3.05) is 12.4 Å². The number of halogens is 1. The Kier molecular flexibility index (Phi) is 6.32. The Hall–Kier alpha value is -2.85. The molecule has 2 aromatic heterocycles. The van der Waals surface area contributed by atoms with Gasteiger partial charge in [-0.1, -0.05) is 23.4 Å². The van der Waals surface area contributed by atoms with Gasteiger partial charge in [-0.05, 0) is 44.2 Å². The zero-order chi connectivity index (χ0) is 20.1. The van der Waals surface area contributed by atoms with Crippen LogP contribution in [0.25, 0.3) is 5.78 Å². The topological polar surface area (TPSA) is 111 Å². The van der Waals surface area contributed by atoms with Gasteiger partial charge in [0.1, 0.15) is 5.75 Å². The highest BCUT2D eigenvalue weighted by Gasteiger charge is 2.11. The lowest BCUT2D eigenvalue weighted by Gasteiger charge is -2.08. The van der Waals surface area contributed by atoms with Crippen LogP contribution >= 0.6 is 23.4 Å². The van der Waals surface area contributed by atoms with E-state index in [1.807, 2.05) is 19.9 Å². The van der Waals surface area contributed by atoms with E-state index in [2.05, 4.69) is 25.9 Å². The van der Waals surface area contributed by atoms with Crippen molar-refractivity contribution in [3.63, 3.8) is 0 Å². The van der Waals surface area contributed by atoms with E-state index in [0.717, 1.165) is 23.1 Å². The van der Waals surface area contributed by atoms with Crippen LogP contribution in [-0.2, 0) is 9.59 Å². The molecule has 3 rings (SSSR count). The largest absolute Gasteiger partial charge is 0.484 e. The number of aryl methyl sites for hydroxylation is 2. The summed E-state index contributed by atoms with van der Waals surface area (Å²) in [7, 11) is 0. The van der Waals surface area contributed by atoms with Gasteiger partial charge in [0, 0.05) is 16.4 Å². The number of nitrogens with one attached hydrogen (secondary N) is 2. The summed E-state index contributed by atoms with van der Waals surface area (Å²) in [5, 5.41) is 5.30. The number of carbonyl (C=O) groups excluding carboxylic acids is 2. The maximum absolute atomic E-state index is 11.9. The Morgan fingerprint density at radius 1 is 1.14 bits per heavy atom. The first-order chi connectivity index (χ1) is 13.4.